The maximum atomic E-state index is 11.2. The highest BCUT2D eigenvalue weighted by molar-refractivity contribution is 5.84. The van der Waals surface area contributed by atoms with E-state index in [2.05, 4.69) is 5.32 Å². The van der Waals surface area contributed by atoms with Crippen LogP contribution in [0.15, 0.2) is 12.5 Å². The molecule has 0 aliphatic carbocycles. The molecule has 0 radical (unpaired) electrons. The first-order chi connectivity index (χ1) is 5.06. The number of carbonyl (C=O) groups excluding carboxylic acids is 1. The second kappa shape index (κ2) is 2.43. The van der Waals surface area contributed by atoms with E-state index in [9.17, 15) is 4.79 Å². The van der Waals surface area contributed by atoms with Crippen LogP contribution in [0.1, 0.15) is 0 Å². The average Bonchev–Trinajstić information content (AvgIpc) is 2.35. The summed E-state index contributed by atoms with van der Waals surface area (Å²) in [5.41, 5.74) is 5.52. The Balaban J connectivity index is 2.66. The van der Waals surface area contributed by atoms with E-state index in [-0.39, 0.29) is 5.91 Å². The molecular weight excluding hydrogens is 146 g/mol. The van der Waals surface area contributed by atoms with Crippen molar-refractivity contribution in [2.24, 2.45) is 5.73 Å². The van der Waals surface area contributed by atoms with Gasteiger partial charge in [-0.15, -0.1) is 0 Å². The van der Waals surface area contributed by atoms with Crippen molar-refractivity contribution >= 4 is 5.91 Å². The summed E-state index contributed by atoms with van der Waals surface area (Å²) in [6, 6.07) is 0. The molecule has 0 aromatic carbocycles. The first-order valence-corrected chi connectivity index (χ1v) is 3.17. The van der Waals surface area contributed by atoms with Crippen LogP contribution in [-0.2, 0) is 9.53 Å². The first kappa shape index (κ1) is 7.87. The van der Waals surface area contributed by atoms with Crippen molar-refractivity contribution in [2.45, 2.75) is 5.85 Å². The largest absolute Gasteiger partial charge is 0.453 e. The molecule has 1 rings (SSSR count). The molecule has 5 nitrogen and oxygen atoms in total. The Hall–Kier alpha value is -1.23. The van der Waals surface area contributed by atoms with Gasteiger partial charge in [0.05, 0.1) is 0 Å². The average molecular weight is 157 g/mol. The molecule has 1 aliphatic heterocycles. The number of nitrogens with two attached hydrogens (primary N) is 1. The summed E-state index contributed by atoms with van der Waals surface area (Å²) in [7, 11) is 3.22. The molecule has 62 valence electrons. The third-order valence-corrected chi connectivity index (χ3v) is 1.34. The minimum absolute atomic E-state index is 0.317. The first-order valence-electron chi connectivity index (χ1n) is 3.17. The number of carbonyl (C=O) groups is 1. The molecular formula is C6H11N3O2. The lowest BCUT2D eigenvalue weighted by Gasteiger charge is -2.25. The summed E-state index contributed by atoms with van der Waals surface area (Å²) in [6.45, 7) is 0. The predicted molar refractivity (Wildman–Crippen MR) is 39.0 cm³/mol. The molecule has 0 bridgehead atoms. The molecule has 11 heavy (non-hydrogen) atoms. The highest BCUT2D eigenvalue weighted by atomic mass is 16.5. The smallest absolute Gasteiger partial charge is 0.316 e. The standard InChI is InChI=1S/C6H11N3O2/c1-9(2)5(10)6(7)8-3-4-11-6/h3-4,8H,7H2,1-2H3. The Morgan fingerprint density at radius 3 is 2.73 bits per heavy atom. The number of nitrogens with one attached hydrogen (secondary N) is 1. The maximum Gasteiger partial charge on any atom is 0.316 e. The van der Waals surface area contributed by atoms with Crippen molar-refractivity contribution in [1.29, 1.82) is 0 Å². The van der Waals surface area contributed by atoms with Crippen LogP contribution < -0.4 is 11.1 Å². The Kier molecular flexibility index (Phi) is 1.74. The fourth-order valence-corrected chi connectivity index (χ4v) is 0.778. The van der Waals surface area contributed by atoms with Gasteiger partial charge >= 0.3 is 11.8 Å². The molecule has 0 aromatic heterocycles. The number of rotatable bonds is 1. The number of likely N-dealkylation sites (N-methyl/N-ethyl adjacent to an activating group) is 1. The van der Waals surface area contributed by atoms with E-state index >= 15 is 0 Å². The Morgan fingerprint density at radius 1 is 1.73 bits per heavy atom. The van der Waals surface area contributed by atoms with Gasteiger partial charge in [-0.05, 0) is 0 Å². The fourth-order valence-electron chi connectivity index (χ4n) is 0.778. The fraction of sp³-hybridized carbons (Fsp3) is 0.500. The number of hydrogen-bond donors (Lipinski definition) is 2. The Labute approximate surface area is 64.8 Å². The zero-order valence-electron chi connectivity index (χ0n) is 6.50. The van der Waals surface area contributed by atoms with Crippen LogP contribution in [0.3, 0.4) is 0 Å². The third kappa shape index (κ3) is 1.27. The van der Waals surface area contributed by atoms with Crippen LogP contribution in [-0.4, -0.2) is 30.8 Å². The molecule has 1 aliphatic rings. The summed E-state index contributed by atoms with van der Waals surface area (Å²) in [5, 5.41) is 2.60. The van der Waals surface area contributed by atoms with Gasteiger partial charge in [0.2, 0.25) is 0 Å². The highest BCUT2D eigenvalue weighted by Crippen LogP contribution is 2.07. The zero-order chi connectivity index (χ0) is 8.48. The van der Waals surface area contributed by atoms with Crippen LogP contribution in [0, 0.1) is 0 Å². The summed E-state index contributed by atoms with van der Waals surface area (Å²) >= 11 is 0. The van der Waals surface area contributed by atoms with Gasteiger partial charge in [0.15, 0.2) is 0 Å². The van der Waals surface area contributed by atoms with E-state index in [0.717, 1.165) is 0 Å². The van der Waals surface area contributed by atoms with Crippen molar-refractivity contribution < 1.29 is 9.53 Å². The van der Waals surface area contributed by atoms with Crippen LogP contribution in [0.25, 0.3) is 0 Å². The van der Waals surface area contributed by atoms with Crippen LogP contribution in [0.5, 0.6) is 0 Å². The van der Waals surface area contributed by atoms with Gasteiger partial charge in [-0.3, -0.25) is 10.5 Å². The summed E-state index contributed by atoms with van der Waals surface area (Å²) in [6.07, 6.45) is 2.84. The molecule has 0 spiro atoms. The van der Waals surface area contributed by atoms with E-state index < -0.39 is 5.85 Å². The van der Waals surface area contributed by atoms with E-state index in [1.54, 1.807) is 14.1 Å². The second-order valence-electron chi connectivity index (χ2n) is 2.50. The van der Waals surface area contributed by atoms with Gasteiger partial charge in [-0.2, -0.15) is 0 Å². The van der Waals surface area contributed by atoms with Crippen LogP contribution in [0.2, 0.25) is 0 Å². The van der Waals surface area contributed by atoms with Crippen LogP contribution >= 0.6 is 0 Å². The van der Waals surface area contributed by atoms with Crippen molar-refractivity contribution in [3.8, 4) is 0 Å². The monoisotopic (exact) mass is 157 g/mol. The molecule has 0 fully saturated rings. The van der Waals surface area contributed by atoms with E-state index in [1.165, 1.54) is 17.4 Å². The highest BCUT2D eigenvalue weighted by Gasteiger charge is 2.38. The van der Waals surface area contributed by atoms with Gasteiger partial charge in [0.25, 0.3) is 0 Å². The van der Waals surface area contributed by atoms with Gasteiger partial charge < -0.3 is 15.0 Å². The minimum Gasteiger partial charge on any atom is -0.453 e. The molecule has 1 unspecified atom stereocenters. The van der Waals surface area contributed by atoms with Crippen molar-refractivity contribution in [1.82, 2.24) is 10.2 Å². The lowest BCUT2D eigenvalue weighted by molar-refractivity contribution is -0.149. The van der Waals surface area contributed by atoms with E-state index in [1.807, 2.05) is 0 Å². The third-order valence-electron chi connectivity index (χ3n) is 1.34. The topological polar surface area (TPSA) is 67.6 Å². The zero-order valence-corrected chi connectivity index (χ0v) is 6.50. The number of amides is 1. The lowest BCUT2D eigenvalue weighted by Crippen LogP contribution is -2.60. The summed E-state index contributed by atoms with van der Waals surface area (Å²) in [5.74, 6) is -1.72. The van der Waals surface area contributed by atoms with Crippen molar-refractivity contribution in [3.05, 3.63) is 12.5 Å². The normalized spacial score (nSPS) is 27.5. The molecule has 1 amide bonds. The maximum absolute atomic E-state index is 11.2. The van der Waals surface area contributed by atoms with Gasteiger partial charge in [-0.25, -0.2) is 0 Å². The molecule has 0 saturated carbocycles. The second-order valence-corrected chi connectivity index (χ2v) is 2.50. The number of nitrogens with zero attached hydrogens (tertiary/aromatic N) is 1. The SMILES string of the molecule is CN(C)C(=O)C1(N)NC=CO1. The summed E-state index contributed by atoms with van der Waals surface area (Å²) < 4.78 is 4.86. The Morgan fingerprint density at radius 2 is 2.36 bits per heavy atom. The van der Waals surface area contributed by atoms with Crippen molar-refractivity contribution in [3.63, 3.8) is 0 Å². The summed E-state index contributed by atoms with van der Waals surface area (Å²) in [4.78, 5) is 12.6. The molecule has 1 atom stereocenters. The number of hydrogen-bond acceptors (Lipinski definition) is 4. The predicted octanol–water partition coefficient (Wildman–Crippen LogP) is -1.22. The van der Waals surface area contributed by atoms with Crippen molar-refractivity contribution in [2.75, 3.05) is 14.1 Å². The quantitative estimate of drug-likeness (QED) is 0.500. The van der Waals surface area contributed by atoms with Gasteiger partial charge in [-0.1, -0.05) is 0 Å². The van der Waals surface area contributed by atoms with Gasteiger partial charge in [0.1, 0.15) is 6.26 Å². The molecule has 0 saturated heterocycles. The molecule has 0 aromatic rings. The minimum atomic E-state index is -1.40. The van der Waals surface area contributed by atoms with E-state index in [0.29, 0.717) is 0 Å². The molecule has 5 heteroatoms. The Bertz CT molecular complexity index is 192. The molecule has 1 heterocycles. The van der Waals surface area contributed by atoms with E-state index in [4.69, 9.17) is 10.5 Å². The molecule has 3 N–H and O–H groups in total. The number of ether oxygens (including phenoxy) is 1. The lowest BCUT2D eigenvalue weighted by atomic mass is 10.4. The van der Waals surface area contributed by atoms with Crippen LogP contribution in [0.4, 0.5) is 0 Å². The van der Waals surface area contributed by atoms with Gasteiger partial charge in [0, 0.05) is 20.3 Å².